The number of nitrogens with zero attached hydrogens (tertiary/aromatic N) is 3. The van der Waals surface area contributed by atoms with Crippen molar-refractivity contribution < 1.29 is 24.2 Å². The SMILES string of the molecule is CCCOc1ccc(C2/C(=C(\O)c3ccc(C)cc3)C(=O)C(=O)N2c2nnc(SCc3ccc(C)cc3)s2)cc1OCC. The fraction of sp³-hybridized carbons (Fsp3) is 0.273. The number of carbonyl (C=O) groups excluding carboxylic acids is 2. The van der Waals surface area contributed by atoms with Gasteiger partial charge in [-0.05, 0) is 50.5 Å². The zero-order valence-electron chi connectivity index (χ0n) is 24.5. The Morgan fingerprint density at radius 1 is 0.930 bits per heavy atom. The van der Waals surface area contributed by atoms with Crippen LogP contribution in [0.1, 0.15) is 54.1 Å². The van der Waals surface area contributed by atoms with Gasteiger partial charge in [-0.3, -0.25) is 14.5 Å². The Morgan fingerprint density at radius 3 is 2.30 bits per heavy atom. The van der Waals surface area contributed by atoms with Crippen LogP contribution in [0.25, 0.3) is 5.76 Å². The fourth-order valence-corrected chi connectivity index (χ4v) is 6.52. The minimum atomic E-state index is -0.955. The lowest BCUT2D eigenvalue weighted by molar-refractivity contribution is -0.132. The highest BCUT2D eigenvalue weighted by Gasteiger charge is 2.48. The van der Waals surface area contributed by atoms with Gasteiger partial charge in [0.2, 0.25) is 5.13 Å². The van der Waals surface area contributed by atoms with E-state index in [1.165, 1.54) is 33.6 Å². The number of aliphatic hydroxyl groups excluding tert-OH is 1. The van der Waals surface area contributed by atoms with Crippen LogP contribution in [0, 0.1) is 13.8 Å². The monoisotopic (exact) mass is 615 g/mol. The molecule has 0 bridgehead atoms. The molecule has 3 aromatic carbocycles. The van der Waals surface area contributed by atoms with Gasteiger partial charge in [0.05, 0.1) is 24.8 Å². The minimum absolute atomic E-state index is 0.0254. The van der Waals surface area contributed by atoms with Crippen LogP contribution in [0.4, 0.5) is 5.13 Å². The molecular formula is C33H33N3O5S2. The van der Waals surface area contributed by atoms with E-state index in [0.29, 0.717) is 45.9 Å². The number of aromatic nitrogens is 2. The van der Waals surface area contributed by atoms with Gasteiger partial charge >= 0.3 is 5.91 Å². The zero-order valence-corrected chi connectivity index (χ0v) is 26.1. The van der Waals surface area contributed by atoms with Crippen LogP contribution < -0.4 is 14.4 Å². The number of hydrogen-bond acceptors (Lipinski definition) is 9. The molecule has 10 heteroatoms. The summed E-state index contributed by atoms with van der Waals surface area (Å²) in [6, 6.07) is 19.8. The number of amides is 1. The molecule has 5 rings (SSSR count). The lowest BCUT2D eigenvalue weighted by Gasteiger charge is -2.23. The predicted molar refractivity (Wildman–Crippen MR) is 170 cm³/mol. The molecule has 0 saturated carbocycles. The van der Waals surface area contributed by atoms with Gasteiger partial charge in [-0.25, -0.2) is 0 Å². The molecule has 1 N–H and O–H groups in total. The molecule has 2 heterocycles. The number of ether oxygens (including phenoxy) is 2. The van der Waals surface area contributed by atoms with Crippen LogP contribution >= 0.6 is 23.1 Å². The summed E-state index contributed by atoms with van der Waals surface area (Å²) in [6.07, 6.45) is 0.825. The molecule has 222 valence electrons. The van der Waals surface area contributed by atoms with E-state index in [0.717, 1.165) is 17.5 Å². The van der Waals surface area contributed by atoms with Gasteiger partial charge in [-0.15, -0.1) is 10.2 Å². The van der Waals surface area contributed by atoms with E-state index in [1.807, 2.05) is 39.8 Å². The normalized spacial score (nSPS) is 16.1. The van der Waals surface area contributed by atoms with Crippen LogP contribution in [0.3, 0.4) is 0 Å². The van der Waals surface area contributed by atoms with Crippen LogP contribution in [-0.4, -0.2) is 40.2 Å². The fourth-order valence-electron chi connectivity index (χ4n) is 4.69. The van der Waals surface area contributed by atoms with Crippen molar-refractivity contribution in [2.75, 3.05) is 18.1 Å². The van der Waals surface area contributed by atoms with E-state index in [9.17, 15) is 14.7 Å². The van der Waals surface area contributed by atoms with Crippen LogP contribution in [0.2, 0.25) is 0 Å². The van der Waals surface area contributed by atoms with Crippen molar-refractivity contribution in [3.63, 3.8) is 0 Å². The van der Waals surface area contributed by atoms with Gasteiger partial charge in [0.1, 0.15) is 5.76 Å². The maximum Gasteiger partial charge on any atom is 0.301 e. The van der Waals surface area contributed by atoms with Crippen molar-refractivity contribution >= 4 is 45.7 Å². The Morgan fingerprint density at radius 2 is 1.63 bits per heavy atom. The summed E-state index contributed by atoms with van der Waals surface area (Å²) in [5.41, 5.74) is 4.31. The van der Waals surface area contributed by atoms with Crippen molar-refractivity contribution in [3.05, 3.63) is 100 Å². The van der Waals surface area contributed by atoms with E-state index in [1.54, 1.807) is 30.3 Å². The molecular weight excluding hydrogens is 583 g/mol. The second-order valence-corrected chi connectivity index (χ2v) is 12.3. The summed E-state index contributed by atoms with van der Waals surface area (Å²) in [6.45, 7) is 8.78. The molecule has 1 unspecified atom stereocenters. The first-order valence-electron chi connectivity index (χ1n) is 14.1. The van der Waals surface area contributed by atoms with Gasteiger partial charge in [-0.1, -0.05) is 95.7 Å². The minimum Gasteiger partial charge on any atom is -0.507 e. The Labute approximate surface area is 259 Å². The topological polar surface area (TPSA) is 102 Å². The van der Waals surface area contributed by atoms with E-state index in [4.69, 9.17) is 9.47 Å². The van der Waals surface area contributed by atoms with Gasteiger partial charge in [0.25, 0.3) is 5.78 Å². The predicted octanol–water partition coefficient (Wildman–Crippen LogP) is 7.26. The average molecular weight is 616 g/mol. The lowest BCUT2D eigenvalue weighted by atomic mass is 9.95. The Balaban J connectivity index is 1.57. The maximum absolute atomic E-state index is 13.6. The highest BCUT2D eigenvalue weighted by Crippen LogP contribution is 2.45. The molecule has 1 aliphatic heterocycles. The number of anilines is 1. The number of rotatable bonds is 11. The second kappa shape index (κ2) is 13.4. The molecule has 43 heavy (non-hydrogen) atoms. The summed E-state index contributed by atoms with van der Waals surface area (Å²) in [7, 11) is 0. The van der Waals surface area contributed by atoms with E-state index in [2.05, 4.69) is 34.5 Å². The summed E-state index contributed by atoms with van der Waals surface area (Å²) < 4.78 is 12.4. The van der Waals surface area contributed by atoms with Gasteiger partial charge < -0.3 is 14.6 Å². The van der Waals surface area contributed by atoms with Crippen LogP contribution in [-0.2, 0) is 15.3 Å². The maximum atomic E-state index is 13.6. The first kappa shape index (κ1) is 30.3. The number of carbonyl (C=O) groups is 2. The Bertz CT molecular complexity index is 1650. The number of thioether (sulfide) groups is 1. The average Bonchev–Trinajstić information content (AvgIpc) is 3.58. The number of benzene rings is 3. The van der Waals surface area contributed by atoms with Gasteiger partial charge in [0.15, 0.2) is 15.8 Å². The van der Waals surface area contributed by atoms with Crippen molar-refractivity contribution in [1.29, 1.82) is 0 Å². The third-order valence-corrected chi connectivity index (χ3v) is 9.03. The molecule has 1 aliphatic rings. The number of aliphatic hydroxyl groups is 1. The summed E-state index contributed by atoms with van der Waals surface area (Å²) in [4.78, 5) is 28.6. The molecule has 0 aliphatic carbocycles. The highest BCUT2D eigenvalue weighted by atomic mass is 32.2. The molecule has 8 nitrogen and oxygen atoms in total. The Hall–Kier alpha value is -4.15. The third-order valence-electron chi connectivity index (χ3n) is 6.90. The first-order valence-corrected chi connectivity index (χ1v) is 15.9. The first-order chi connectivity index (χ1) is 20.8. The van der Waals surface area contributed by atoms with Gasteiger partial charge in [-0.2, -0.15) is 0 Å². The molecule has 4 aromatic rings. The molecule has 1 atom stereocenters. The van der Waals surface area contributed by atoms with Crippen LogP contribution in [0.5, 0.6) is 11.5 Å². The molecule has 1 amide bonds. The van der Waals surface area contributed by atoms with Crippen molar-refractivity contribution in [2.45, 2.75) is 50.3 Å². The largest absolute Gasteiger partial charge is 0.507 e. The molecule has 0 spiro atoms. The van der Waals surface area contributed by atoms with Crippen molar-refractivity contribution in [3.8, 4) is 11.5 Å². The van der Waals surface area contributed by atoms with Crippen molar-refractivity contribution in [1.82, 2.24) is 10.2 Å². The summed E-state index contributed by atoms with van der Waals surface area (Å²) >= 11 is 2.74. The van der Waals surface area contributed by atoms with Gasteiger partial charge in [0, 0.05) is 11.3 Å². The van der Waals surface area contributed by atoms with E-state index >= 15 is 0 Å². The standard InChI is InChI=1S/C33H33N3O5S2/c1-5-17-41-25-16-15-24(18-26(25)40-6-2)28-27(29(37)23-13-9-21(4)10-14-23)30(38)31(39)36(28)32-34-35-33(43-32)42-19-22-11-7-20(3)8-12-22/h7-16,18,28,37H,5-6,17,19H2,1-4H3/b29-27+. The third kappa shape index (κ3) is 6.60. The summed E-state index contributed by atoms with van der Waals surface area (Å²) in [5, 5.41) is 20.4. The number of Topliss-reactive ketones (excluding diaryl/α,β-unsaturated/α-hetero) is 1. The quantitative estimate of drug-likeness (QED) is 0.0619. The summed E-state index contributed by atoms with van der Waals surface area (Å²) in [5.74, 6) is -0.101. The molecule has 1 aromatic heterocycles. The zero-order chi connectivity index (χ0) is 30.5. The number of ketones is 1. The van der Waals surface area contributed by atoms with Crippen molar-refractivity contribution in [2.24, 2.45) is 0 Å². The van der Waals surface area contributed by atoms with E-state index in [-0.39, 0.29) is 16.5 Å². The highest BCUT2D eigenvalue weighted by molar-refractivity contribution is 8.00. The lowest BCUT2D eigenvalue weighted by Crippen LogP contribution is -2.29. The second-order valence-electron chi connectivity index (χ2n) is 10.1. The number of aryl methyl sites for hydroxylation is 2. The number of hydrogen-bond donors (Lipinski definition) is 1. The molecule has 1 fully saturated rings. The smallest absolute Gasteiger partial charge is 0.301 e. The molecule has 0 radical (unpaired) electrons. The Kier molecular flexibility index (Phi) is 9.47. The van der Waals surface area contributed by atoms with Crippen LogP contribution in [0.15, 0.2) is 76.6 Å². The molecule has 1 saturated heterocycles. The van der Waals surface area contributed by atoms with E-state index < -0.39 is 17.7 Å².